The summed E-state index contributed by atoms with van der Waals surface area (Å²) in [7, 11) is 0. The van der Waals surface area contributed by atoms with Crippen LogP contribution in [-0.4, -0.2) is 16.3 Å². The lowest BCUT2D eigenvalue weighted by molar-refractivity contribution is 0.638. The maximum atomic E-state index is 4.21. The van der Waals surface area contributed by atoms with Crippen LogP contribution in [0.1, 0.15) is 11.1 Å². The lowest BCUT2D eigenvalue weighted by Crippen LogP contribution is -2.10. The second kappa shape index (κ2) is 5.09. The molecule has 0 radical (unpaired) electrons. The van der Waals surface area contributed by atoms with Gasteiger partial charge in [0.05, 0.1) is 6.54 Å². The fourth-order valence-electron chi connectivity index (χ4n) is 3.00. The molecule has 0 spiro atoms. The van der Waals surface area contributed by atoms with Crippen molar-refractivity contribution in [3.05, 3.63) is 72.1 Å². The standard InChI is InChI=1S/C18H17N3/c1-2-5-17-14(4-1)12-15-13-16(6-7-18(15)17)19-9-11-21-10-3-8-20-21/h1-8,10,13,19H,9,11-12H2. The van der Waals surface area contributed by atoms with Gasteiger partial charge in [0.15, 0.2) is 0 Å². The Morgan fingerprint density at radius 2 is 1.90 bits per heavy atom. The minimum absolute atomic E-state index is 0.879. The van der Waals surface area contributed by atoms with E-state index in [4.69, 9.17) is 0 Å². The van der Waals surface area contributed by atoms with Crippen molar-refractivity contribution in [3.63, 3.8) is 0 Å². The first-order valence-corrected chi connectivity index (χ1v) is 7.33. The molecule has 1 aromatic heterocycles. The molecule has 0 bridgehead atoms. The predicted molar refractivity (Wildman–Crippen MR) is 85.4 cm³/mol. The van der Waals surface area contributed by atoms with Crippen LogP contribution in [0.4, 0.5) is 5.69 Å². The predicted octanol–water partition coefficient (Wildman–Crippen LogP) is 3.57. The Hall–Kier alpha value is -2.55. The summed E-state index contributed by atoms with van der Waals surface area (Å²) in [6.07, 6.45) is 4.84. The molecule has 2 aromatic carbocycles. The van der Waals surface area contributed by atoms with Gasteiger partial charge in [0, 0.05) is 24.6 Å². The summed E-state index contributed by atoms with van der Waals surface area (Å²) in [4.78, 5) is 0. The normalized spacial score (nSPS) is 12.0. The lowest BCUT2D eigenvalue weighted by Gasteiger charge is -2.09. The quantitative estimate of drug-likeness (QED) is 0.617. The molecule has 0 amide bonds. The van der Waals surface area contributed by atoms with Crippen LogP contribution in [-0.2, 0) is 13.0 Å². The van der Waals surface area contributed by atoms with E-state index in [-0.39, 0.29) is 0 Å². The Labute approximate surface area is 124 Å². The smallest absolute Gasteiger partial charge is 0.0582 e. The topological polar surface area (TPSA) is 29.9 Å². The van der Waals surface area contributed by atoms with Crippen LogP contribution in [0.25, 0.3) is 11.1 Å². The van der Waals surface area contributed by atoms with Gasteiger partial charge in [0.25, 0.3) is 0 Å². The number of hydrogen-bond donors (Lipinski definition) is 1. The van der Waals surface area contributed by atoms with Crippen LogP contribution in [0.15, 0.2) is 60.9 Å². The third-order valence-corrected chi connectivity index (χ3v) is 4.02. The Morgan fingerprint density at radius 1 is 1.00 bits per heavy atom. The zero-order valence-electron chi connectivity index (χ0n) is 11.8. The summed E-state index contributed by atoms with van der Waals surface area (Å²) >= 11 is 0. The molecule has 0 saturated carbocycles. The van der Waals surface area contributed by atoms with E-state index >= 15 is 0 Å². The van der Waals surface area contributed by atoms with Crippen LogP contribution < -0.4 is 5.32 Å². The molecule has 0 saturated heterocycles. The summed E-state index contributed by atoms with van der Waals surface area (Å²) in [5.41, 5.74) is 6.80. The van der Waals surface area contributed by atoms with Crippen molar-refractivity contribution in [2.24, 2.45) is 0 Å². The molecule has 1 N–H and O–H groups in total. The molecule has 0 fully saturated rings. The Kier molecular flexibility index (Phi) is 2.96. The van der Waals surface area contributed by atoms with E-state index in [0.717, 1.165) is 19.5 Å². The molecular weight excluding hydrogens is 258 g/mol. The molecular formula is C18H17N3. The molecule has 0 atom stereocenters. The molecule has 1 aliphatic rings. The maximum Gasteiger partial charge on any atom is 0.0582 e. The van der Waals surface area contributed by atoms with Gasteiger partial charge >= 0.3 is 0 Å². The average molecular weight is 275 g/mol. The first kappa shape index (κ1) is 12.2. The monoisotopic (exact) mass is 275 g/mol. The zero-order valence-corrected chi connectivity index (χ0v) is 11.8. The van der Waals surface area contributed by atoms with Crippen LogP contribution in [0.5, 0.6) is 0 Å². The van der Waals surface area contributed by atoms with Crippen molar-refractivity contribution < 1.29 is 0 Å². The number of aromatic nitrogens is 2. The number of benzene rings is 2. The summed E-state index contributed by atoms with van der Waals surface area (Å²) in [6.45, 7) is 1.76. The van der Waals surface area contributed by atoms with Gasteiger partial charge in [-0.05, 0) is 46.9 Å². The van der Waals surface area contributed by atoms with Crippen molar-refractivity contribution >= 4 is 5.69 Å². The van der Waals surface area contributed by atoms with Crippen molar-refractivity contribution in [2.45, 2.75) is 13.0 Å². The number of rotatable bonds is 4. The minimum Gasteiger partial charge on any atom is -0.383 e. The van der Waals surface area contributed by atoms with Crippen molar-refractivity contribution in [1.82, 2.24) is 9.78 Å². The molecule has 104 valence electrons. The number of nitrogens with one attached hydrogen (secondary N) is 1. The fraction of sp³-hybridized carbons (Fsp3) is 0.167. The lowest BCUT2D eigenvalue weighted by atomic mass is 10.1. The summed E-state index contributed by atoms with van der Waals surface area (Å²) in [6, 6.07) is 17.3. The van der Waals surface area contributed by atoms with Gasteiger partial charge in [-0.25, -0.2) is 0 Å². The van der Waals surface area contributed by atoms with Gasteiger partial charge in [-0.3, -0.25) is 4.68 Å². The Morgan fingerprint density at radius 3 is 2.81 bits per heavy atom. The van der Waals surface area contributed by atoms with Gasteiger partial charge in [0.1, 0.15) is 0 Å². The Balaban J connectivity index is 1.48. The van der Waals surface area contributed by atoms with Crippen LogP contribution >= 0.6 is 0 Å². The molecule has 21 heavy (non-hydrogen) atoms. The molecule has 3 aromatic rings. The molecule has 0 aliphatic heterocycles. The van der Waals surface area contributed by atoms with Gasteiger partial charge in [-0.15, -0.1) is 0 Å². The number of hydrogen-bond acceptors (Lipinski definition) is 2. The average Bonchev–Trinajstić information content (AvgIpc) is 3.13. The molecule has 0 unspecified atom stereocenters. The van der Waals surface area contributed by atoms with Gasteiger partial charge < -0.3 is 5.32 Å². The molecule has 3 heteroatoms. The Bertz CT molecular complexity index is 760. The number of nitrogens with zero attached hydrogens (tertiary/aromatic N) is 2. The zero-order chi connectivity index (χ0) is 14.1. The maximum absolute atomic E-state index is 4.21. The fourth-order valence-corrected chi connectivity index (χ4v) is 3.00. The van der Waals surface area contributed by atoms with E-state index < -0.39 is 0 Å². The van der Waals surface area contributed by atoms with Crippen LogP contribution in [0, 0.1) is 0 Å². The van der Waals surface area contributed by atoms with E-state index in [0.29, 0.717) is 0 Å². The van der Waals surface area contributed by atoms with E-state index in [2.05, 4.69) is 52.9 Å². The van der Waals surface area contributed by atoms with E-state index in [1.807, 2.05) is 23.1 Å². The largest absolute Gasteiger partial charge is 0.383 e. The van der Waals surface area contributed by atoms with Gasteiger partial charge in [-0.1, -0.05) is 30.3 Å². The van der Waals surface area contributed by atoms with Crippen molar-refractivity contribution in [2.75, 3.05) is 11.9 Å². The minimum atomic E-state index is 0.879. The third kappa shape index (κ3) is 2.31. The second-order valence-corrected chi connectivity index (χ2v) is 5.40. The van der Waals surface area contributed by atoms with Crippen molar-refractivity contribution in [3.8, 4) is 11.1 Å². The van der Waals surface area contributed by atoms with E-state index in [9.17, 15) is 0 Å². The highest BCUT2D eigenvalue weighted by Crippen LogP contribution is 2.37. The summed E-state index contributed by atoms with van der Waals surface area (Å²) in [5, 5.41) is 7.69. The van der Waals surface area contributed by atoms with Gasteiger partial charge in [0.2, 0.25) is 0 Å². The van der Waals surface area contributed by atoms with E-state index in [1.54, 1.807) is 0 Å². The third-order valence-electron chi connectivity index (χ3n) is 4.02. The van der Waals surface area contributed by atoms with Gasteiger partial charge in [-0.2, -0.15) is 5.10 Å². The number of fused-ring (bicyclic) bond motifs is 3. The SMILES string of the molecule is c1ccc2c(c1)Cc1cc(NCCn3cccn3)ccc1-2. The molecule has 1 heterocycles. The number of anilines is 1. The van der Waals surface area contributed by atoms with Crippen LogP contribution in [0.3, 0.4) is 0 Å². The summed E-state index contributed by atoms with van der Waals surface area (Å²) in [5.74, 6) is 0. The first-order chi connectivity index (χ1) is 10.4. The van der Waals surface area contributed by atoms with E-state index in [1.165, 1.54) is 27.9 Å². The second-order valence-electron chi connectivity index (χ2n) is 5.40. The van der Waals surface area contributed by atoms with Crippen LogP contribution in [0.2, 0.25) is 0 Å². The molecule has 1 aliphatic carbocycles. The van der Waals surface area contributed by atoms with Crippen molar-refractivity contribution in [1.29, 1.82) is 0 Å². The highest BCUT2D eigenvalue weighted by molar-refractivity contribution is 5.78. The molecule has 3 nitrogen and oxygen atoms in total. The highest BCUT2D eigenvalue weighted by Gasteiger charge is 2.17. The highest BCUT2D eigenvalue weighted by atomic mass is 15.3. The summed E-state index contributed by atoms with van der Waals surface area (Å²) < 4.78 is 1.94. The molecule has 4 rings (SSSR count). The first-order valence-electron chi connectivity index (χ1n) is 7.33.